The first-order valence-electron chi connectivity index (χ1n) is 17.3. The molecule has 0 bridgehead atoms. The van der Waals surface area contributed by atoms with E-state index in [9.17, 15) is 26.3 Å². The molecule has 9 aromatic rings. The summed E-state index contributed by atoms with van der Waals surface area (Å²) in [5.74, 6) is 0.140. The number of alkyl halides is 6. The Morgan fingerprint density at radius 3 is 0.852 bits per heavy atom. The average Bonchev–Trinajstić information content (AvgIpc) is 3.18. The van der Waals surface area contributed by atoms with E-state index < -0.39 is 25.6 Å². The van der Waals surface area contributed by atoms with Gasteiger partial charge in [0.2, 0.25) is 0 Å². The second-order valence-electron chi connectivity index (χ2n) is 13.3. The number of fused-ring (bicyclic) bond motifs is 13. The van der Waals surface area contributed by atoms with Crippen LogP contribution in [0.15, 0.2) is 146 Å². The number of benzene rings is 9. The molecule has 0 saturated carbocycles. The monoisotopic (exact) mass is 726 g/mol. The van der Waals surface area contributed by atoms with Gasteiger partial charge in [0.15, 0.2) is 13.2 Å². The lowest BCUT2D eigenvalue weighted by Crippen LogP contribution is -2.19. The maximum Gasteiger partial charge on any atom is 0.422 e. The van der Waals surface area contributed by atoms with E-state index >= 15 is 0 Å². The Labute approximate surface area is 304 Å². The number of ether oxygens (including phenoxy) is 2. The highest BCUT2D eigenvalue weighted by molar-refractivity contribution is 6.44. The lowest BCUT2D eigenvalue weighted by molar-refractivity contribution is -0.154. The number of hydrogen-bond donors (Lipinski definition) is 0. The third kappa shape index (κ3) is 5.78. The van der Waals surface area contributed by atoms with Crippen molar-refractivity contribution in [2.75, 3.05) is 13.2 Å². The first kappa shape index (κ1) is 33.5. The molecule has 0 aromatic heterocycles. The van der Waals surface area contributed by atoms with Gasteiger partial charge in [-0.2, -0.15) is 26.3 Å². The predicted octanol–water partition coefficient (Wildman–Crippen LogP) is 13.8. The quantitative estimate of drug-likeness (QED) is 0.125. The van der Waals surface area contributed by atoms with Crippen LogP contribution in [0.5, 0.6) is 11.5 Å². The van der Waals surface area contributed by atoms with Crippen LogP contribution in [0, 0.1) is 0 Å². The highest BCUT2D eigenvalue weighted by Gasteiger charge is 2.30. The predicted molar refractivity (Wildman–Crippen MR) is 205 cm³/mol. The molecule has 0 amide bonds. The second-order valence-corrected chi connectivity index (χ2v) is 13.3. The van der Waals surface area contributed by atoms with Gasteiger partial charge in [0.05, 0.1) is 0 Å². The molecule has 0 N–H and O–H groups in total. The third-order valence-electron chi connectivity index (χ3n) is 9.96. The second kappa shape index (κ2) is 12.7. The van der Waals surface area contributed by atoms with Crippen molar-refractivity contribution < 1.29 is 35.8 Å². The molecule has 0 atom stereocenters. The van der Waals surface area contributed by atoms with E-state index in [2.05, 4.69) is 48.5 Å². The summed E-state index contributed by atoms with van der Waals surface area (Å²) in [7, 11) is 0. The molecule has 0 spiro atoms. The minimum atomic E-state index is -4.50. The minimum Gasteiger partial charge on any atom is -0.484 e. The molecule has 0 aliphatic rings. The summed E-state index contributed by atoms with van der Waals surface area (Å²) in [5, 5.41) is 12.1. The molecule has 0 aliphatic carbocycles. The Morgan fingerprint density at radius 1 is 0.315 bits per heavy atom. The molecular weight excluding hydrogens is 698 g/mol. The van der Waals surface area contributed by atoms with Gasteiger partial charge in [-0.05, 0) is 111 Å². The van der Waals surface area contributed by atoms with Gasteiger partial charge >= 0.3 is 12.4 Å². The van der Waals surface area contributed by atoms with E-state index in [-0.39, 0.29) is 11.5 Å². The van der Waals surface area contributed by atoms with Crippen LogP contribution in [0.2, 0.25) is 0 Å². The standard InChI is InChI=1S/C46H28F6O2/c47-45(48,49)25-53-29-21-17-27(18-22-29)39-40(28-19-23-30(24-20-28)54-26-46(50,51)52)42-36-14-6-2-10-32(36)34-12-4-8-16-38(34)44(42)43-37-15-7-3-11-33(37)31-9-1-5-13-35(31)41(39)43/h1-24H,25-26H2. The molecule has 54 heavy (non-hydrogen) atoms. The fraction of sp³-hybridized carbons (Fsp3) is 0.0870. The van der Waals surface area contributed by atoms with Crippen LogP contribution in [0.25, 0.3) is 86.9 Å². The summed E-state index contributed by atoms with van der Waals surface area (Å²) in [4.78, 5) is 0. The van der Waals surface area contributed by atoms with Crippen LogP contribution in [0.4, 0.5) is 26.3 Å². The van der Waals surface area contributed by atoms with Crippen LogP contribution in [0.3, 0.4) is 0 Å². The highest BCUT2D eigenvalue weighted by atomic mass is 19.4. The fourth-order valence-corrected chi connectivity index (χ4v) is 7.91. The van der Waals surface area contributed by atoms with Crippen molar-refractivity contribution in [1.29, 1.82) is 0 Å². The normalized spacial score (nSPS) is 12.4. The van der Waals surface area contributed by atoms with Crippen molar-refractivity contribution in [2.24, 2.45) is 0 Å². The Morgan fingerprint density at radius 2 is 0.574 bits per heavy atom. The molecule has 0 aliphatic heterocycles. The molecule has 2 nitrogen and oxygen atoms in total. The highest BCUT2D eigenvalue weighted by Crippen LogP contribution is 2.53. The van der Waals surface area contributed by atoms with Gasteiger partial charge in [0, 0.05) is 0 Å². The number of halogens is 6. The van der Waals surface area contributed by atoms with Gasteiger partial charge in [-0.3, -0.25) is 0 Å². The van der Waals surface area contributed by atoms with E-state index in [1.54, 1.807) is 24.3 Å². The van der Waals surface area contributed by atoms with Crippen LogP contribution in [0.1, 0.15) is 0 Å². The van der Waals surface area contributed by atoms with Crippen LogP contribution >= 0.6 is 0 Å². The molecule has 8 heteroatoms. The van der Waals surface area contributed by atoms with Gasteiger partial charge in [-0.15, -0.1) is 0 Å². The number of rotatable bonds is 6. The van der Waals surface area contributed by atoms with Crippen molar-refractivity contribution >= 4 is 64.6 Å². The Bertz CT molecular complexity index is 2690. The van der Waals surface area contributed by atoms with Crippen molar-refractivity contribution in [3.8, 4) is 33.8 Å². The zero-order valence-electron chi connectivity index (χ0n) is 28.4. The zero-order chi connectivity index (χ0) is 37.2. The molecular formula is C46H28F6O2. The maximum atomic E-state index is 13.1. The summed E-state index contributed by atoms with van der Waals surface area (Å²) in [6.45, 7) is -2.84. The van der Waals surface area contributed by atoms with Crippen molar-refractivity contribution in [3.05, 3.63) is 146 Å². The topological polar surface area (TPSA) is 18.5 Å². The van der Waals surface area contributed by atoms with E-state index in [0.717, 1.165) is 86.9 Å². The van der Waals surface area contributed by atoms with E-state index in [0.29, 0.717) is 0 Å². The molecule has 0 heterocycles. The Kier molecular flexibility index (Phi) is 7.89. The van der Waals surface area contributed by atoms with Gasteiger partial charge in [-0.25, -0.2) is 0 Å². The van der Waals surface area contributed by atoms with Crippen molar-refractivity contribution in [2.45, 2.75) is 12.4 Å². The first-order valence-corrected chi connectivity index (χ1v) is 17.3. The van der Waals surface area contributed by atoms with Gasteiger partial charge < -0.3 is 9.47 Å². The smallest absolute Gasteiger partial charge is 0.422 e. The van der Waals surface area contributed by atoms with Gasteiger partial charge in [-0.1, -0.05) is 121 Å². The van der Waals surface area contributed by atoms with Crippen LogP contribution < -0.4 is 9.47 Å². The van der Waals surface area contributed by atoms with E-state index in [1.807, 2.05) is 48.5 Å². The molecule has 0 fully saturated rings. The van der Waals surface area contributed by atoms with Crippen LogP contribution in [-0.4, -0.2) is 25.6 Å². The largest absolute Gasteiger partial charge is 0.484 e. The molecule has 266 valence electrons. The third-order valence-corrected chi connectivity index (χ3v) is 9.96. The fourth-order valence-electron chi connectivity index (χ4n) is 7.91. The molecule has 9 aromatic carbocycles. The SMILES string of the molecule is FC(F)(F)COc1ccc(-c2c(-c3ccc(OCC(F)(F)F)cc3)c3c4ccccc4c4ccccc4c3c3c4ccccc4c4ccccc4c23)cc1. The van der Waals surface area contributed by atoms with Gasteiger partial charge in [0.1, 0.15) is 11.5 Å². The minimum absolute atomic E-state index is 0.0700. The molecule has 0 radical (unpaired) electrons. The molecule has 9 rings (SSSR count). The van der Waals surface area contributed by atoms with Crippen molar-refractivity contribution in [1.82, 2.24) is 0 Å². The zero-order valence-corrected chi connectivity index (χ0v) is 28.4. The average molecular weight is 727 g/mol. The summed E-state index contributed by atoms with van der Waals surface area (Å²) < 4.78 is 88.9. The summed E-state index contributed by atoms with van der Waals surface area (Å²) in [6.07, 6.45) is -9.00. The summed E-state index contributed by atoms with van der Waals surface area (Å²) >= 11 is 0. The Balaban J connectivity index is 1.50. The maximum absolute atomic E-state index is 13.1. The lowest BCUT2D eigenvalue weighted by Gasteiger charge is -2.24. The van der Waals surface area contributed by atoms with Gasteiger partial charge in [0.25, 0.3) is 0 Å². The van der Waals surface area contributed by atoms with E-state index in [4.69, 9.17) is 9.47 Å². The first-order chi connectivity index (χ1) is 26.1. The lowest BCUT2D eigenvalue weighted by atomic mass is 9.78. The summed E-state index contributed by atoms with van der Waals surface area (Å²) in [6, 6.07) is 46.1. The van der Waals surface area contributed by atoms with E-state index in [1.165, 1.54) is 24.3 Å². The Hall–Kier alpha value is -6.28. The summed E-state index contributed by atoms with van der Waals surface area (Å²) in [5.41, 5.74) is 3.11. The molecule has 0 unspecified atom stereocenters. The van der Waals surface area contributed by atoms with Crippen LogP contribution in [-0.2, 0) is 0 Å². The number of hydrogen-bond acceptors (Lipinski definition) is 2. The molecule has 0 saturated heterocycles. The van der Waals surface area contributed by atoms with Crippen molar-refractivity contribution in [3.63, 3.8) is 0 Å².